The summed E-state index contributed by atoms with van der Waals surface area (Å²) in [5.74, 6) is 2.35. The third-order valence-electron chi connectivity index (χ3n) is 3.94. The maximum atomic E-state index is 5.95. The molecule has 0 saturated heterocycles. The normalized spacial score (nSPS) is 13.9. The molecule has 0 bridgehead atoms. The number of hydrogen-bond acceptors (Lipinski definition) is 4. The molecule has 1 aliphatic carbocycles. The number of anilines is 1. The molecule has 20 heavy (non-hydrogen) atoms. The molecule has 1 aliphatic rings. The summed E-state index contributed by atoms with van der Waals surface area (Å²) >= 11 is 0. The number of benzene rings is 1. The van der Waals surface area contributed by atoms with Gasteiger partial charge in [-0.05, 0) is 31.7 Å². The lowest BCUT2D eigenvalue weighted by molar-refractivity contribution is 0.391. The zero-order valence-electron chi connectivity index (χ0n) is 11.8. The molecule has 3 rings (SSSR count). The van der Waals surface area contributed by atoms with Crippen molar-refractivity contribution in [1.29, 1.82) is 0 Å². The number of nitrogens with one attached hydrogen (secondary N) is 1. The highest BCUT2D eigenvalue weighted by Gasteiger charge is 2.23. The van der Waals surface area contributed by atoms with Gasteiger partial charge in [-0.25, -0.2) is 0 Å². The fraction of sp³-hybridized carbons (Fsp3) is 0.400. The molecule has 0 fully saturated rings. The van der Waals surface area contributed by atoms with E-state index in [1.165, 1.54) is 24.0 Å². The van der Waals surface area contributed by atoms with Crippen molar-refractivity contribution in [1.82, 2.24) is 10.2 Å². The van der Waals surface area contributed by atoms with Crippen molar-refractivity contribution in [3.8, 4) is 22.6 Å². The molecule has 0 atom stereocenters. The van der Waals surface area contributed by atoms with Gasteiger partial charge in [0.1, 0.15) is 17.3 Å². The fourth-order valence-electron chi connectivity index (χ4n) is 3.00. The number of H-pyrrole nitrogens is 1. The minimum Gasteiger partial charge on any atom is -0.496 e. The first-order valence-corrected chi connectivity index (χ1v) is 6.82. The lowest BCUT2D eigenvalue weighted by Crippen LogP contribution is -2.08. The third kappa shape index (κ3) is 1.90. The van der Waals surface area contributed by atoms with E-state index in [2.05, 4.69) is 10.2 Å². The topological polar surface area (TPSA) is 73.2 Å². The molecule has 0 saturated carbocycles. The molecular weight excluding hydrogens is 254 g/mol. The standard InChI is InChI=1S/C15H19N3O2/c1-19-13-7-11(12-8-17-18-15(12)16)14(20-2)10-6-4-3-5-9(10)13/h7-8H,3-6H2,1-2H3,(H3,16,17,18). The molecule has 0 amide bonds. The minimum absolute atomic E-state index is 0.543. The monoisotopic (exact) mass is 273 g/mol. The van der Waals surface area contributed by atoms with Gasteiger partial charge in [-0.15, -0.1) is 0 Å². The van der Waals surface area contributed by atoms with E-state index in [1.807, 2.05) is 6.07 Å². The number of ether oxygens (including phenoxy) is 2. The van der Waals surface area contributed by atoms with Gasteiger partial charge < -0.3 is 15.2 Å². The van der Waals surface area contributed by atoms with Crippen molar-refractivity contribution in [2.75, 3.05) is 20.0 Å². The zero-order chi connectivity index (χ0) is 14.1. The summed E-state index contributed by atoms with van der Waals surface area (Å²) in [5, 5.41) is 6.76. The number of aromatic amines is 1. The second-order valence-electron chi connectivity index (χ2n) is 5.02. The van der Waals surface area contributed by atoms with Crippen molar-refractivity contribution < 1.29 is 9.47 Å². The van der Waals surface area contributed by atoms with Gasteiger partial charge in [-0.1, -0.05) is 0 Å². The van der Waals surface area contributed by atoms with Crippen molar-refractivity contribution in [2.24, 2.45) is 0 Å². The Labute approximate surface area is 118 Å². The Morgan fingerprint density at radius 1 is 1.10 bits per heavy atom. The van der Waals surface area contributed by atoms with Crippen LogP contribution in [-0.2, 0) is 12.8 Å². The number of methoxy groups -OCH3 is 2. The molecule has 1 aromatic carbocycles. The molecular formula is C15H19N3O2. The summed E-state index contributed by atoms with van der Waals surface area (Å²) in [7, 11) is 3.41. The van der Waals surface area contributed by atoms with Gasteiger partial charge in [-0.3, -0.25) is 5.10 Å². The molecule has 5 heteroatoms. The van der Waals surface area contributed by atoms with E-state index in [4.69, 9.17) is 15.2 Å². The summed E-state index contributed by atoms with van der Waals surface area (Å²) in [4.78, 5) is 0. The van der Waals surface area contributed by atoms with E-state index in [-0.39, 0.29) is 0 Å². The number of nitrogens with zero attached hydrogens (tertiary/aromatic N) is 1. The summed E-state index contributed by atoms with van der Waals surface area (Å²) in [5.41, 5.74) is 10.3. The summed E-state index contributed by atoms with van der Waals surface area (Å²) in [6.45, 7) is 0. The quantitative estimate of drug-likeness (QED) is 0.901. The minimum atomic E-state index is 0.543. The van der Waals surface area contributed by atoms with Gasteiger partial charge in [-0.2, -0.15) is 5.10 Å². The number of nitrogens with two attached hydrogens (primary N) is 1. The van der Waals surface area contributed by atoms with Crippen LogP contribution in [0.25, 0.3) is 11.1 Å². The van der Waals surface area contributed by atoms with Crippen LogP contribution in [0.1, 0.15) is 24.0 Å². The largest absolute Gasteiger partial charge is 0.496 e. The maximum Gasteiger partial charge on any atom is 0.130 e. The summed E-state index contributed by atoms with van der Waals surface area (Å²) in [6, 6.07) is 2.00. The Bertz CT molecular complexity index is 634. The van der Waals surface area contributed by atoms with Gasteiger partial charge in [0.05, 0.1) is 20.4 Å². The molecule has 1 heterocycles. The number of aromatic nitrogens is 2. The SMILES string of the molecule is COc1cc(-c2cn[nH]c2N)c(OC)c2c1CCCC2. The van der Waals surface area contributed by atoms with Gasteiger partial charge in [0.25, 0.3) is 0 Å². The smallest absolute Gasteiger partial charge is 0.130 e. The number of hydrogen-bond donors (Lipinski definition) is 2. The molecule has 1 aromatic heterocycles. The van der Waals surface area contributed by atoms with E-state index in [1.54, 1.807) is 20.4 Å². The molecule has 0 spiro atoms. The van der Waals surface area contributed by atoms with Crippen molar-refractivity contribution in [3.05, 3.63) is 23.4 Å². The lowest BCUT2D eigenvalue weighted by Gasteiger charge is -2.23. The highest BCUT2D eigenvalue weighted by Crippen LogP contribution is 2.44. The van der Waals surface area contributed by atoms with Crippen LogP contribution in [0.2, 0.25) is 0 Å². The molecule has 0 radical (unpaired) electrons. The average Bonchev–Trinajstić information content (AvgIpc) is 2.91. The average molecular weight is 273 g/mol. The van der Waals surface area contributed by atoms with Crippen molar-refractivity contribution in [2.45, 2.75) is 25.7 Å². The molecule has 0 aliphatic heterocycles. The zero-order valence-corrected chi connectivity index (χ0v) is 11.8. The van der Waals surface area contributed by atoms with Crippen LogP contribution in [-0.4, -0.2) is 24.4 Å². The van der Waals surface area contributed by atoms with E-state index in [0.29, 0.717) is 5.82 Å². The maximum absolute atomic E-state index is 5.95. The van der Waals surface area contributed by atoms with Crippen molar-refractivity contribution >= 4 is 5.82 Å². The number of fused-ring (bicyclic) bond motifs is 1. The van der Waals surface area contributed by atoms with Crippen LogP contribution in [0.3, 0.4) is 0 Å². The third-order valence-corrected chi connectivity index (χ3v) is 3.94. The van der Waals surface area contributed by atoms with E-state index in [9.17, 15) is 0 Å². The molecule has 3 N–H and O–H groups in total. The second kappa shape index (κ2) is 5.07. The van der Waals surface area contributed by atoms with E-state index < -0.39 is 0 Å². The van der Waals surface area contributed by atoms with Gasteiger partial charge in [0, 0.05) is 22.3 Å². The Morgan fingerprint density at radius 2 is 1.85 bits per heavy atom. The van der Waals surface area contributed by atoms with Gasteiger partial charge in [0.15, 0.2) is 0 Å². The Kier molecular flexibility index (Phi) is 3.26. The number of rotatable bonds is 3. The Balaban J connectivity index is 2.26. The Hall–Kier alpha value is -2.17. The van der Waals surface area contributed by atoms with Crippen LogP contribution < -0.4 is 15.2 Å². The van der Waals surface area contributed by atoms with Crippen LogP contribution in [0.5, 0.6) is 11.5 Å². The molecule has 5 nitrogen and oxygen atoms in total. The molecule has 2 aromatic rings. The molecule has 0 unspecified atom stereocenters. The van der Waals surface area contributed by atoms with Crippen LogP contribution in [0, 0.1) is 0 Å². The summed E-state index contributed by atoms with van der Waals surface area (Å²) < 4.78 is 11.2. The lowest BCUT2D eigenvalue weighted by atomic mass is 9.87. The van der Waals surface area contributed by atoms with Crippen molar-refractivity contribution in [3.63, 3.8) is 0 Å². The summed E-state index contributed by atoms with van der Waals surface area (Å²) in [6.07, 6.45) is 6.15. The van der Waals surface area contributed by atoms with E-state index >= 15 is 0 Å². The first-order chi connectivity index (χ1) is 9.76. The van der Waals surface area contributed by atoms with E-state index in [0.717, 1.165) is 35.5 Å². The second-order valence-corrected chi connectivity index (χ2v) is 5.02. The predicted octanol–water partition coefficient (Wildman–Crippen LogP) is 2.55. The Morgan fingerprint density at radius 3 is 2.45 bits per heavy atom. The van der Waals surface area contributed by atoms with Crippen LogP contribution in [0.4, 0.5) is 5.82 Å². The fourth-order valence-corrected chi connectivity index (χ4v) is 3.00. The predicted molar refractivity (Wildman–Crippen MR) is 78.2 cm³/mol. The number of nitrogen functional groups attached to an aromatic ring is 1. The highest BCUT2D eigenvalue weighted by molar-refractivity contribution is 5.81. The van der Waals surface area contributed by atoms with Gasteiger partial charge >= 0.3 is 0 Å². The first-order valence-electron chi connectivity index (χ1n) is 6.82. The molecule has 106 valence electrons. The van der Waals surface area contributed by atoms with Gasteiger partial charge in [0.2, 0.25) is 0 Å². The van der Waals surface area contributed by atoms with Crippen LogP contribution >= 0.6 is 0 Å². The first kappa shape index (κ1) is 12.8. The highest BCUT2D eigenvalue weighted by atomic mass is 16.5. The van der Waals surface area contributed by atoms with Crippen LogP contribution in [0.15, 0.2) is 12.3 Å².